The van der Waals surface area contributed by atoms with Crippen molar-refractivity contribution in [2.45, 2.75) is 38.3 Å². The van der Waals surface area contributed by atoms with E-state index in [2.05, 4.69) is 10.3 Å². The third-order valence-electron chi connectivity index (χ3n) is 3.34. The van der Waals surface area contributed by atoms with Crippen molar-refractivity contribution < 1.29 is 19.4 Å². The standard InChI is InChI=1S/C14H22N2O4S/c1-9(2)11-8-21-14(16-11)13(18)15-10-7-19-5-3-12(10)20-6-4-17/h8-10,12,17H,3-7H2,1-2H3,(H,15,18)/t10-,12+/m1/s1. The number of carbonyl (C=O) groups excluding carboxylic acids is 1. The molecule has 118 valence electrons. The maximum Gasteiger partial charge on any atom is 0.280 e. The largest absolute Gasteiger partial charge is 0.394 e. The molecule has 1 aliphatic rings. The third kappa shape index (κ3) is 4.47. The van der Waals surface area contributed by atoms with Crippen LogP contribution in [0.2, 0.25) is 0 Å². The summed E-state index contributed by atoms with van der Waals surface area (Å²) in [5, 5.41) is 14.1. The van der Waals surface area contributed by atoms with Gasteiger partial charge in [0, 0.05) is 12.0 Å². The SMILES string of the molecule is CC(C)c1csc(C(=O)N[C@@H]2COCC[C@@H]2OCCO)n1. The minimum Gasteiger partial charge on any atom is -0.394 e. The quantitative estimate of drug-likeness (QED) is 0.823. The second-order valence-corrected chi connectivity index (χ2v) is 6.17. The van der Waals surface area contributed by atoms with Gasteiger partial charge in [0.05, 0.1) is 37.7 Å². The van der Waals surface area contributed by atoms with E-state index in [-0.39, 0.29) is 31.3 Å². The van der Waals surface area contributed by atoms with Crippen LogP contribution in [0.1, 0.15) is 41.7 Å². The Morgan fingerprint density at radius 1 is 1.67 bits per heavy atom. The fourth-order valence-corrected chi connectivity index (χ4v) is 3.02. The number of nitrogens with one attached hydrogen (secondary N) is 1. The fraction of sp³-hybridized carbons (Fsp3) is 0.714. The van der Waals surface area contributed by atoms with Crippen molar-refractivity contribution in [3.05, 3.63) is 16.1 Å². The number of aliphatic hydroxyl groups is 1. The third-order valence-corrected chi connectivity index (χ3v) is 4.20. The van der Waals surface area contributed by atoms with Crippen molar-refractivity contribution in [3.8, 4) is 0 Å². The van der Waals surface area contributed by atoms with Crippen LogP contribution >= 0.6 is 11.3 Å². The highest BCUT2D eigenvalue weighted by Crippen LogP contribution is 2.18. The summed E-state index contributed by atoms with van der Waals surface area (Å²) < 4.78 is 11.0. The molecule has 6 nitrogen and oxygen atoms in total. The zero-order valence-electron chi connectivity index (χ0n) is 12.4. The first-order chi connectivity index (χ1) is 10.1. The molecule has 2 N–H and O–H groups in total. The normalized spacial score (nSPS) is 22.5. The molecule has 0 aliphatic carbocycles. The first kappa shape index (κ1) is 16.4. The molecule has 0 saturated carbocycles. The minimum atomic E-state index is -0.204. The van der Waals surface area contributed by atoms with Crippen molar-refractivity contribution in [2.24, 2.45) is 0 Å². The molecule has 2 atom stereocenters. The second kappa shape index (κ2) is 7.84. The van der Waals surface area contributed by atoms with Crippen molar-refractivity contribution >= 4 is 17.2 Å². The lowest BCUT2D eigenvalue weighted by molar-refractivity contribution is -0.0612. The number of rotatable bonds is 6. The Kier molecular flexibility index (Phi) is 6.10. The van der Waals surface area contributed by atoms with Crippen molar-refractivity contribution in [3.63, 3.8) is 0 Å². The monoisotopic (exact) mass is 314 g/mol. The summed E-state index contributed by atoms with van der Waals surface area (Å²) in [6.07, 6.45) is 0.583. The highest BCUT2D eigenvalue weighted by atomic mass is 32.1. The number of aromatic nitrogens is 1. The number of ether oxygens (including phenoxy) is 2. The molecular formula is C14H22N2O4S. The van der Waals surface area contributed by atoms with Gasteiger partial charge in [-0.15, -0.1) is 11.3 Å². The van der Waals surface area contributed by atoms with Gasteiger partial charge in [-0.2, -0.15) is 0 Å². The minimum absolute atomic E-state index is 0.0255. The summed E-state index contributed by atoms with van der Waals surface area (Å²) in [6, 6.07) is -0.204. The van der Waals surface area contributed by atoms with Gasteiger partial charge in [0.2, 0.25) is 0 Å². The predicted molar refractivity (Wildman–Crippen MR) is 79.7 cm³/mol. The Bertz CT molecular complexity index is 464. The highest BCUT2D eigenvalue weighted by Gasteiger charge is 2.29. The number of aliphatic hydroxyl groups excluding tert-OH is 1. The number of thiazole rings is 1. The zero-order valence-corrected chi connectivity index (χ0v) is 13.2. The molecule has 0 radical (unpaired) electrons. The molecule has 0 bridgehead atoms. The molecule has 1 saturated heterocycles. The summed E-state index contributed by atoms with van der Waals surface area (Å²) in [5.74, 6) is 0.112. The molecule has 2 rings (SSSR count). The Balaban J connectivity index is 1.95. The van der Waals surface area contributed by atoms with Crippen LogP contribution in [0.4, 0.5) is 0 Å². The summed E-state index contributed by atoms with van der Waals surface area (Å²) in [5.41, 5.74) is 0.929. The molecule has 0 spiro atoms. The molecule has 0 unspecified atom stereocenters. The predicted octanol–water partition coefficient (Wildman–Crippen LogP) is 1.16. The van der Waals surface area contributed by atoms with E-state index >= 15 is 0 Å². The van der Waals surface area contributed by atoms with E-state index in [9.17, 15) is 4.79 Å². The van der Waals surface area contributed by atoms with Gasteiger partial charge in [-0.3, -0.25) is 4.79 Å². The van der Waals surface area contributed by atoms with Crippen LogP contribution in [-0.4, -0.2) is 54.6 Å². The van der Waals surface area contributed by atoms with E-state index < -0.39 is 0 Å². The maximum atomic E-state index is 12.2. The fourth-order valence-electron chi connectivity index (χ4n) is 2.14. The van der Waals surface area contributed by atoms with Crippen LogP contribution in [0.25, 0.3) is 0 Å². The molecule has 1 fully saturated rings. The van der Waals surface area contributed by atoms with Gasteiger partial charge in [-0.1, -0.05) is 13.8 Å². The van der Waals surface area contributed by atoms with E-state index in [0.717, 1.165) is 5.69 Å². The molecule has 2 heterocycles. The molecule has 0 aromatic carbocycles. The summed E-state index contributed by atoms with van der Waals surface area (Å²) in [7, 11) is 0. The number of nitrogens with zero attached hydrogens (tertiary/aromatic N) is 1. The molecule has 7 heteroatoms. The van der Waals surface area contributed by atoms with E-state index in [1.54, 1.807) is 0 Å². The number of amides is 1. The first-order valence-corrected chi connectivity index (χ1v) is 8.06. The van der Waals surface area contributed by atoms with E-state index in [1.165, 1.54) is 11.3 Å². The molecule has 1 amide bonds. The van der Waals surface area contributed by atoms with Gasteiger partial charge < -0.3 is 19.9 Å². The summed E-state index contributed by atoms with van der Waals surface area (Å²) in [6.45, 7) is 5.37. The summed E-state index contributed by atoms with van der Waals surface area (Å²) >= 11 is 1.35. The van der Waals surface area contributed by atoms with Crippen LogP contribution in [0, 0.1) is 0 Å². The van der Waals surface area contributed by atoms with Crippen LogP contribution in [0.5, 0.6) is 0 Å². The van der Waals surface area contributed by atoms with Gasteiger partial charge in [0.25, 0.3) is 5.91 Å². The van der Waals surface area contributed by atoms with Crippen LogP contribution in [0.15, 0.2) is 5.38 Å². The maximum absolute atomic E-state index is 12.2. The lowest BCUT2D eigenvalue weighted by Gasteiger charge is -2.31. The van der Waals surface area contributed by atoms with Crippen molar-refractivity contribution in [1.82, 2.24) is 10.3 Å². The Morgan fingerprint density at radius 3 is 3.14 bits per heavy atom. The Labute approximate surface area is 128 Å². The first-order valence-electron chi connectivity index (χ1n) is 7.18. The van der Waals surface area contributed by atoms with Gasteiger partial charge in [0.1, 0.15) is 0 Å². The van der Waals surface area contributed by atoms with Crippen LogP contribution in [-0.2, 0) is 9.47 Å². The second-order valence-electron chi connectivity index (χ2n) is 5.31. The Morgan fingerprint density at radius 2 is 2.48 bits per heavy atom. The Hall–Kier alpha value is -1.02. The van der Waals surface area contributed by atoms with Crippen molar-refractivity contribution in [2.75, 3.05) is 26.4 Å². The number of hydrogen-bond donors (Lipinski definition) is 2. The van der Waals surface area contributed by atoms with Crippen LogP contribution in [0.3, 0.4) is 0 Å². The van der Waals surface area contributed by atoms with Gasteiger partial charge in [-0.05, 0) is 12.3 Å². The molecular weight excluding hydrogens is 292 g/mol. The smallest absolute Gasteiger partial charge is 0.280 e. The molecule has 1 aromatic heterocycles. The number of hydrogen-bond acceptors (Lipinski definition) is 6. The average molecular weight is 314 g/mol. The highest BCUT2D eigenvalue weighted by molar-refractivity contribution is 7.11. The topological polar surface area (TPSA) is 80.7 Å². The molecule has 21 heavy (non-hydrogen) atoms. The van der Waals surface area contributed by atoms with E-state index in [0.29, 0.717) is 30.6 Å². The lowest BCUT2D eigenvalue weighted by Crippen LogP contribution is -2.50. The van der Waals surface area contributed by atoms with Crippen molar-refractivity contribution in [1.29, 1.82) is 0 Å². The zero-order chi connectivity index (χ0) is 15.2. The average Bonchev–Trinajstić information content (AvgIpc) is 2.96. The van der Waals surface area contributed by atoms with E-state index in [1.807, 2.05) is 19.2 Å². The molecule has 1 aromatic rings. The summed E-state index contributed by atoms with van der Waals surface area (Å²) in [4.78, 5) is 16.6. The van der Waals surface area contributed by atoms with Crippen LogP contribution < -0.4 is 5.32 Å². The van der Waals surface area contributed by atoms with Gasteiger partial charge in [0.15, 0.2) is 5.01 Å². The van der Waals surface area contributed by atoms with E-state index in [4.69, 9.17) is 14.6 Å². The number of carbonyl (C=O) groups is 1. The van der Waals surface area contributed by atoms with Gasteiger partial charge >= 0.3 is 0 Å². The van der Waals surface area contributed by atoms with Gasteiger partial charge in [-0.25, -0.2) is 4.98 Å². The molecule has 1 aliphatic heterocycles. The lowest BCUT2D eigenvalue weighted by atomic mass is 10.1.